The van der Waals surface area contributed by atoms with Gasteiger partial charge in [0.1, 0.15) is 0 Å². The van der Waals surface area contributed by atoms with Crippen LogP contribution in [0.3, 0.4) is 0 Å². The maximum Gasteiger partial charge on any atom is 0.0973 e. The highest BCUT2D eigenvalue weighted by atomic mass is 79.9. The van der Waals surface area contributed by atoms with Crippen LogP contribution in [0.2, 0.25) is 0 Å². The molecule has 0 rings (SSSR count). The maximum absolute atomic E-state index is 4.12. The van der Waals surface area contributed by atoms with E-state index in [1.807, 2.05) is 0 Å². The van der Waals surface area contributed by atoms with Crippen molar-refractivity contribution in [3.63, 3.8) is 0 Å². The first-order valence-corrected chi connectivity index (χ1v) is 19.6. The van der Waals surface area contributed by atoms with Gasteiger partial charge in [-0.15, -0.1) is 0 Å². The fraction of sp³-hybridized carbons (Fsp3) is 0.810. The molecule has 1 nitrogen and oxygen atoms in total. The van der Waals surface area contributed by atoms with Crippen molar-refractivity contribution < 1.29 is 21.5 Å². The fourth-order valence-electron chi connectivity index (χ4n) is 6.49. The molecule has 260 valence electrons. The number of unbranched alkanes of at least 4 members (excludes halogenated alkanes) is 24. The Hall–Kier alpha value is -0.600. The average molecular weight is 679 g/mol. The van der Waals surface area contributed by atoms with Gasteiger partial charge >= 0.3 is 0 Å². The lowest BCUT2D eigenvalue weighted by Crippen LogP contribution is -3.00. The van der Waals surface area contributed by atoms with Crippen LogP contribution in [0, 0.1) is 0 Å². The predicted octanol–water partition coefficient (Wildman–Crippen LogP) is 11.3. The summed E-state index contributed by atoms with van der Waals surface area (Å²) in [4.78, 5) is 0. The fourth-order valence-corrected chi connectivity index (χ4v) is 6.49. The Bertz CT molecular complexity index is 567. The molecule has 0 aliphatic carbocycles. The summed E-state index contributed by atoms with van der Waals surface area (Å²) in [7, 11) is 0. The summed E-state index contributed by atoms with van der Waals surface area (Å²) < 4.78 is 1.18. The first-order valence-electron chi connectivity index (χ1n) is 19.6. The van der Waals surface area contributed by atoms with Crippen LogP contribution < -0.4 is 17.0 Å². The van der Waals surface area contributed by atoms with Gasteiger partial charge in [0.2, 0.25) is 0 Å². The summed E-state index contributed by atoms with van der Waals surface area (Å²) in [6.45, 7) is 17.6. The van der Waals surface area contributed by atoms with E-state index in [0.29, 0.717) is 0 Å². The second kappa shape index (κ2) is 38.6. The van der Waals surface area contributed by atoms with Crippen LogP contribution in [0.1, 0.15) is 194 Å². The standard InChI is InChI=1S/C42H80N.BrH/c1-5-9-11-13-15-17-19-21-23-25-27-29-31-33-35-37-41-43(39-7-3,40-8-4)42-38-36-34-32-30-28-26-24-22-20-18-16-14-12-10-6-2;/h7-8,21-24H,3-6,9-20,25-42H2,1-2H3;1H/q+1;/p-1/b23-21-,24-22-;. The summed E-state index contributed by atoms with van der Waals surface area (Å²) in [5, 5.41) is 0. The van der Waals surface area contributed by atoms with Crippen molar-refractivity contribution in [2.45, 2.75) is 194 Å². The van der Waals surface area contributed by atoms with E-state index in [0.717, 1.165) is 13.1 Å². The Kier molecular flexibility index (Phi) is 39.9. The van der Waals surface area contributed by atoms with Crippen molar-refractivity contribution in [1.29, 1.82) is 0 Å². The Balaban J connectivity index is 0. The van der Waals surface area contributed by atoms with Gasteiger partial charge in [-0.1, -0.05) is 154 Å². The molecule has 0 aromatic heterocycles. The minimum Gasteiger partial charge on any atom is -1.00 e. The van der Waals surface area contributed by atoms with Gasteiger partial charge in [0.25, 0.3) is 0 Å². The molecule has 44 heavy (non-hydrogen) atoms. The van der Waals surface area contributed by atoms with Gasteiger partial charge in [0, 0.05) is 0 Å². The molecule has 0 radical (unpaired) electrons. The van der Waals surface area contributed by atoms with E-state index >= 15 is 0 Å². The molecule has 0 amide bonds. The molecule has 0 aromatic rings. The Morgan fingerprint density at radius 1 is 0.364 bits per heavy atom. The number of halogens is 1. The number of hydrogen-bond acceptors (Lipinski definition) is 0. The van der Waals surface area contributed by atoms with Crippen LogP contribution in [0.5, 0.6) is 0 Å². The number of rotatable bonds is 36. The zero-order chi connectivity index (χ0) is 31.4. The van der Waals surface area contributed by atoms with Gasteiger partial charge in [-0.05, 0) is 89.2 Å². The first-order chi connectivity index (χ1) is 21.2. The molecule has 0 aliphatic heterocycles. The number of allylic oxidation sites excluding steroid dienone is 4. The summed E-state index contributed by atoms with van der Waals surface area (Å²) >= 11 is 0. The molecule has 2 heteroatoms. The smallest absolute Gasteiger partial charge is 0.0973 e. The van der Waals surface area contributed by atoms with E-state index in [1.165, 1.54) is 197 Å². The first kappa shape index (κ1) is 45.5. The van der Waals surface area contributed by atoms with E-state index in [1.54, 1.807) is 0 Å². The molecule has 0 unspecified atom stereocenters. The van der Waals surface area contributed by atoms with E-state index in [4.69, 9.17) is 0 Å². The van der Waals surface area contributed by atoms with Crippen molar-refractivity contribution in [3.8, 4) is 0 Å². The number of hydrogen-bond donors (Lipinski definition) is 0. The lowest BCUT2D eigenvalue weighted by atomic mass is 10.1. The topological polar surface area (TPSA) is 0 Å². The predicted molar refractivity (Wildman–Crippen MR) is 199 cm³/mol. The third kappa shape index (κ3) is 32.8. The summed E-state index contributed by atoms with van der Waals surface area (Å²) in [6, 6.07) is 0. The second-order valence-electron chi connectivity index (χ2n) is 13.6. The minimum atomic E-state index is 0. The zero-order valence-electron chi connectivity index (χ0n) is 30.3. The third-order valence-corrected chi connectivity index (χ3v) is 9.32. The van der Waals surface area contributed by atoms with Crippen LogP contribution in [-0.4, -0.2) is 30.7 Å². The van der Waals surface area contributed by atoms with Gasteiger partial charge in [-0.25, -0.2) is 0 Å². The third-order valence-electron chi connectivity index (χ3n) is 9.32. The van der Waals surface area contributed by atoms with Crippen LogP contribution in [0.25, 0.3) is 0 Å². The van der Waals surface area contributed by atoms with Gasteiger partial charge in [0.15, 0.2) is 0 Å². The molecule has 0 heterocycles. The molecule has 0 saturated carbocycles. The van der Waals surface area contributed by atoms with Crippen molar-refractivity contribution in [3.05, 3.63) is 49.6 Å². The molecule has 0 aliphatic rings. The second-order valence-corrected chi connectivity index (χ2v) is 13.6. The Labute approximate surface area is 289 Å². The Morgan fingerprint density at radius 2 is 0.614 bits per heavy atom. The molecule has 0 N–H and O–H groups in total. The van der Waals surface area contributed by atoms with E-state index in [9.17, 15) is 0 Å². The van der Waals surface area contributed by atoms with Gasteiger partial charge in [-0.3, -0.25) is 0 Å². The Morgan fingerprint density at radius 3 is 0.886 bits per heavy atom. The van der Waals surface area contributed by atoms with Gasteiger partial charge in [-0.2, -0.15) is 0 Å². The van der Waals surface area contributed by atoms with E-state index in [2.05, 4.69) is 63.5 Å². The molecular weight excluding hydrogens is 598 g/mol. The summed E-state index contributed by atoms with van der Waals surface area (Å²) in [6.07, 6.45) is 52.7. The van der Waals surface area contributed by atoms with Crippen molar-refractivity contribution in [2.24, 2.45) is 0 Å². The molecule has 0 atom stereocenters. The molecular formula is C42H80BrN. The normalized spacial score (nSPS) is 11.9. The van der Waals surface area contributed by atoms with Crippen LogP contribution >= 0.6 is 0 Å². The quantitative estimate of drug-likeness (QED) is 0.0351. The number of quaternary nitrogens is 1. The minimum absolute atomic E-state index is 0. The van der Waals surface area contributed by atoms with Crippen molar-refractivity contribution in [1.82, 2.24) is 0 Å². The van der Waals surface area contributed by atoms with Gasteiger partial charge < -0.3 is 21.5 Å². The zero-order valence-corrected chi connectivity index (χ0v) is 31.9. The maximum atomic E-state index is 4.12. The highest BCUT2D eigenvalue weighted by Crippen LogP contribution is 2.17. The van der Waals surface area contributed by atoms with Gasteiger partial charge in [0.05, 0.1) is 26.2 Å². The van der Waals surface area contributed by atoms with Crippen LogP contribution in [0.15, 0.2) is 49.6 Å². The summed E-state index contributed by atoms with van der Waals surface area (Å²) in [5.41, 5.74) is 0. The van der Waals surface area contributed by atoms with Crippen LogP contribution in [-0.2, 0) is 0 Å². The highest BCUT2D eigenvalue weighted by Gasteiger charge is 2.23. The largest absolute Gasteiger partial charge is 1.00 e. The van der Waals surface area contributed by atoms with Crippen molar-refractivity contribution >= 4 is 0 Å². The van der Waals surface area contributed by atoms with Crippen molar-refractivity contribution in [2.75, 3.05) is 26.2 Å². The molecule has 0 fully saturated rings. The van der Waals surface area contributed by atoms with Crippen LogP contribution in [0.4, 0.5) is 0 Å². The summed E-state index contributed by atoms with van der Waals surface area (Å²) in [5.74, 6) is 0. The molecule has 0 bridgehead atoms. The molecule has 0 spiro atoms. The molecule has 0 aromatic carbocycles. The number of nitrogens with zero attached hydrogens (tertiary/aromatic N) is 1. The lowest BCUT2D eigenvalue weighted by molar-refractivity contribution is -0.917. The average Bonchev–Trinajstić information content (AvgIpc) is 3.01. The SMILES string of the molecule is C=CC[N+](CC=C)(CCCCCCCC/C=C\CCCCCCCC)CCCCCCCC/C=C\CCCCCCCC.[Br-]. The molecule has 0 saturated heterocycles. The van der Waals surface area contributed by atoms with E-state index < -0.39 is 0 Å². The highest BCUT2D eigenvalue weighted by molar-refractivity contribution is 4.82. The lowest BCUT2D eigenvalue weighted by Gasteiger charge is -2.37. The monoisotopic (exact) mass is 678 g/mol. The van der Waals surface area contributed by atoms with E-state index in [-0.39, 0.29) is 17.0 Å².